The van der Waals surface area contributed by atoms with Crippen LogP contribution in [-0.4, -0.2) is 13.4 Å². The molecule has 0 atom stereocenters. The monoisotopic (exact) mass is 303 g/mol. The second kappa shape index (κ2) is 5.00. The zero-order chi connectivity index (χ0) is 14.9. The van der Waals surface area contributed by atoms with Gasteiger partial charge in [0.25, 0.3) is 10.0 Å². The molecule has 0 saturated heterocycles. The van der Waals surface area contributed by atoms with Crippen molar-refractivity contribution in [3.8, 4) is 0 Å². The third-order valence-electron chi connectivity index (χ3n) is 2.30. The summed E-state index contributed by atoms with van der Waals surface area (Å²) in [7, 11) is -4.39. The van der Waals surface area contributed by atoms with Gasteiger partial charge < -0.3 is 5.73 Å². The van der Waals surface area contributed by atoms with Crippen LogP contribution in [-0.2, 0) is 10.0 Å². The minimum atomic E-state index is -4.39. The maximum Gasteiger partial charge on any atom is 0.281 e. The normalized spacial score (nSPS) is 11.3. The first-order valence-corrected chi connectivity index (χ1v) is 6.67. The highest BCUT2D eigenvalue weighted by Gasteiger charge is 2.23. The smallest absolute Gasteiger partial charge is 0.281 e. The molecule has 106 valence electrons. The first-order valence-electron chi connectivity index (χ1n) is 5.19. The number of rotatable bonds is 3. The van der Waals surface area contributed by atoms with Crippen molar-refractivity contribution in [2.24, 2.45) is 0 Å². The van der Waals surface area contributed by atoms with Crippen molar-refractivity contribution in [1.29, 1.82) is 0 Å². The van der Waals surface area contributed by atoms with Gasteiger partial charge in [0.1, 0.15) is 11.5 Å². The number of hydrogen-bond donors (Lipinski definition) is 2. The summed E-state index contributed by atoms with van der Waals surface area (Å²) < 4.78 is 65.1. The van der Waals surface area contributed by atoms with Crippen molar-refractivity contribution in [2.75, 3.05) is 10.5 Å². The van der Waals surface area contributed by atoms with Gasteiger partial charge in [0.05, 0.1) is 5.69 Å². The summed E-state index contributed by atoms with van der Waals surface area (Å²) in [5.41, 5.74) is 4.24. The van der Waals surface area contributed by atoms with Crippen LogP contribution in [0.2, 0.25) is 0 Å². The average Bonchev–Trinajstić information content (AvgIpc) is 2.34. The molecule has 0 radical (unpaired) electrons. The Hall–Kier alpha value is -2.29. The Morgan fingerprint density at radius 2 is 1.75 bits per heavy atom. The van der Waals surface area contributed by atoms with Gasteiger partial charge in [-0.3, -0.25) is 4.72 Å². The Balaban J connectivity index is 2.47. The molecule has 2 rings (SSSR count). The number of nitrogens with one attached hydrogen (secondary N) is 1. The van der Waals surface area contributed by atoms with Gasteiger partial charge in [-0.2, -0.15) is 8.42 Å². The van der Waals surface area contributed by atoms with Crippen molar-refractivity contribution < 1.29 is 21.6 Å². The molecular weight excluding hydrogens is 295 g/mol. The number of hydrogen-bond acceptors (Lipinski definition) is 4. The summed E-state index contributed by atoms with van der Waals surface area (Å²) in [6, 6.07) is 3.36. The standard InChI is InChI=1S/C11H8F3N3O2S/c12-6-4-7(13)10(8(14)5-6)17-20(18,19)11-9(15)2-1-3-16-11/h1-5,17H,15H2. The first kappa shape index (κ1) is 14.1. The van der Waals surface area contributed by atoms with Crippen molar-refractivity contribution in [1.82, 2.24) is 4.98 Å². The predicted molar refractivity (Wildman–Crippen MR) is 65.8 cm³/mol. The molecule has 3 N–H and O–H groups in total. The third kappa shape index (κ3) is 2.67. The second-order valence-electron chi connectivity index (χ2n) is 3.75. The summed E-state index contributed by atoms with van der Waals surface area (Å²) in [5, 5.41) is -0.580. The maximum atomic E-state index is 13.4. The minimum Gasteiger partial charge on any atom is -0.396 e. The summed E-state index contributed by atoms with van der Waals surface area (Å²) in [6.45, 7) is 0. The van der Waals surface area contributed by atoms with Crippen LogP contribution in [0.25, 0.3) is 0 Å². The molecule has 0 aliphatic carbocycles. The quantitative estimate of drug-likeness (QED) is 0.906. The van der Waals surface area contributed by atoms with E-state index >= 15 is 0 Å². The average molecular weight is 303 g/mol. The zero-order valence-electron chi connectivity index (χ0n) is 9.77. The Morgan fingerprint density at radius 1 is 1.15 bits per heavy atom. The molecule has 0 unspecified atom stereocenters. The lowest BCUT2D eigenvalue weighted by atomic mass is 10.3. The van der Waals surface area contributed by atoms with Gasteiger partial charge in [0, 0.05) is 18.3 Å². The van der Waals surface area contributed by atoms with Crippen LogP contribution < -0.4 is 10.5 Å². The van der Waals surface area contributed by atoms with Crippen LogP contribution in [0.1, 0.15) is 0 Å². The first-order chi connectivity index (χ1) is 9.31. The van der Waals surface area contributed by atoms with E-state index in [2.05, 4.69) is 4.98 Å². The highest BCUT2D eigenvalue weighted by atomic mass is 32.2. The number of pyridine rings is 1. The molecule has 0 fully saturated rings. The van der Waals surface area contributed by atoms with Crippen LogP contribution >= 0.6 is 0 Å². The maximum absolute atomic E-state index is 13.4. The van der Waals surface area contributed by atoms with Gasteiger partial charge >= 0.3 is 0 Å². The molecule has 9 heteroatoms. The molecule has 0 aliphatic rings. The van der Waals surface area contributed by atoms with Crippen LogP contribution in [0.4, 0.5) is 24.5 Å². The Morgan fingerprint density at radius 3 is 2.30 bits per heavy atom. The van der Waals surface area contributed by atoms with E-state index in [-0.39, 0.29) is 5.69 Å². The lowest BCUT2D eigenvalue weighted by molar-refractivity contribution is 0.547. The number of anilines is 2. The molecule has 1 aromatic carbocycles. The van der Waals surface area contributed by atoms with E-state index in [1.165, 1.54) is 12.1 Å². The molecule has 2 aromatic rings. The van der Waals surface area contributed by atoms with E-state index < -0.39 is 38.2 Å². The Kier molecular flexibility index (Phi) is 3.53. The predicted octanol–water partition coefficient (Wildman–Crippen LogP) is 1.88. The largest absolute Gasteiger partial charge is 0.396 e. The lowest BCUT2D eigenvalue weighted by Crippen LogP contribution is -2.18. The lowest BCUT2D eigenvalue weighted by Gasteiger charge is -2.10. The minimum absolute atomic E-state index is 0.192. The van der Waals surface area contributed by atoms with E-state index in [0.29, 0.717) is 12.1 Å². The van der Waals surface area contributed by atoms with E-state index in [1.807, 2.05) is 0 Å². The van der Waals surface area contributed by atoms with E-state index in [4.69, 9.17) is 5.73 Å². The van der Waals surface area contributed by atoms with Crippen LogP contribution in [0.3, 0.4) is 0 Å². The van der Waals surface area contributed by atoms with Gasteiger partial charge in [-0.25, -0.2) is 18.2 Å². The SMILES string of the molecule is Nc1cccnc1S(=O)(=O)Nc1c(F)cc(F)cc1F. The van der Waals surface area contributed by atoms with Crippen LogP contribution in [0.5, 0.6) is 0 Å². The summed E-state index contributed by atoms with van der Waals surface area (Å²) in [5.74, 6) is -3.94. The van der Waals surface area contributed by atoms with Gasteiger partial charge in [0.15, 0.2) is 16.7 Å². The van der Waals surface area contributed by atoms with Crippen molar-refractivity contribution in [2.45, 2.75) is 5.03 Å². The van der Waals surface area contributed by atoms with Gasteiger partial charge in [-0.15, -0.1) is 0 Å². The summed E-state index contributed by atoms with van der Waals surface area (Å²) in [6.07, 6.45) is 1.16. The van der Waals surface area contributed by atoms with Crippen LogP contribution in [0.15, 0.2) is 35.5 Å². The Bertz CT molecular complexity index is 742. The van der Waals surface area contributed by atoms with Crippen molar-refractivity contribution in [3.63, 3.8) is 0 Å². The van der Waals surface area contributed by atoms with E-state index in [0.717, 1.165) is 6.20 Å². The number of nitrogens with zero attached hydrogens (tertiary/aromatic N) is 1. The Labute approximate surface area is 112 Å². The summed E-state index contributed by atoms with van der Waals surface area (Å²) >= 11 is 0. The molecule has 0 saturated carbocycles. The topological polar surface area (TPSA) is 85.1 Å². The second-order valence-corrected chi connectivity index (χ2v) is 5.35. The van der Waals surface area contributed by atoms with Crippen molar-refractivity contribution >= 4 is 21.4 Å². The van der Waals surface area contributed by atoms with Gasteiger partial charge in [-0.1, -0.05) is 0 Å². The molecule has 5 nitrogen and oxygen atoms in total. The fraction of sp³-hybridized carbons (Fsp3) is 0. The molecule has 0 spiro atoms. The number of sulfonamides is 1. The molecule has 20 heavy (non-hydrogen) atoms. The number of nitrogens with two attached hydrogens (primary N) is 1. The number of halogens is 3. The highest BCUT2D eigenvalue weighted by molar-refractivity contribution is 7.92. The molecule has 1 heterocycles. The number of aromatic nitrogens is 1. The van der Waals surface area contributed by atoms with Crippen molar-refractivity contribution in [3.05, 3.63) is 47.9 Å². The van der Waals surface area contributed by atoms with Gasteiger partial charge in [0.2, 0.25) is 0 Å². The summed E-state index contributed by atoms with van der Waals surface area (Å²) in [4.78, 5) is 3.53. The van der Waals surface area contributed by atoms with E-state index in [9.17, 15) is 21.6 Å². The number of benzene rings is 1. The van der Waals surface area contributed by atoms with Gasteiger partial charge in [-0.05, 0) is 12.1 Å². The fourth-order valence-corrected chi connectivity index (χ4v) is 2.59. The third-order valence-corrected chi connectivity index (χ3v) is 3.62. The number of nitrogen functional groups attached to an aromatic ring is 1. The van der Waals surface area contributed by atoms with E-state index in [1.54, 1.807) is 4.72 Å². The molecular formula is C11H8F3N3O2S. The molecule has 0 bridgehead atoms. The molecule has 0 aliphatic heterocycles. The molecule has 0 amide bonds. The molecule has 1 aromatic heterocycles. The fourth-order valence-electron chi connectivity index (χ4n) is 1.45. The van der Waals surface area contributed by atoms with Crippen LogP contribution in [0, 0.1) is 17.5 Å². The zero-order valence-corrected chi connectivity index (χ0v) is 10.6. The highest BCUT2D eigenvalue weighted by Crippen LogP contribution is 2.24.